The van der Waals surface area contributed by atoms with Crippen LogP contribution < -0.4 is 4.74 Å². The van der Waals surface area contributed by atoms with Crippen LogP contribution in [-0.4, -0.2) is 11.0 Å². The maximum absolute atomic E-state index is 10.9. The molecule has 0 saturated heterocycles. The van der Waals surface area contributed by atoms with Crippen LogP contribution in [-0.2, 0) is 4.79 Å². The van der Waals surface area contributed by atoms with Gasteiger partial charge in [0.1, 0.15) is 6.20 Å². The Balaban J connectivity index is 2.46. The lowest BCUT2D eigenvalue weighted by atomic mass is 10.3. The molecule has 1 heterocycles. The number of ether oxygens (including phenoxy) is 1. The second-order valence-corrected chi connectivity index (χ2v) is 2.42. The molecule has 0 saturated carbocycles. The zero-order valence-corrected chi connectivity index (χ0v) is 7.16. The van der Waals surface area contributed by atoms with Crippen LogP contribution in [0.3, 0.4) is 0 Å². The normalized spacial score (nSPS) is 9.83. The molecule has 1 aromatic rings. The molecule has 1 rings (SSSR count). The second-order valence-electron chi connectivity index (χ2n) is 2.42. The van der Waals surface area contributed by atoms with Gasteiger partial charge in [-0.25, -0.2) is 4.98 Å². The number of aromatic nitrogens is 1. The third kappa shape index (κ3) is 2.38. The first-order valence-electron chi connectivity index (χ1n) is 3.85. The number of aryl methyl sites for hydroxylation is 1. The highest BCUT2D eigenvalue weighted by Crippen LogP contribution is 2.12. The van der Waals surface area contributed by atoms with Gasteiger partial charge in [0.05, 0.1) is 0 Å². The Kier molecular flexibility index (Phi) is 2.85. The lowest BCUT2D eigenvalue weighted by molar-refractivity contribution is -0.135. The van der Waals surface area contributed by atoms with E-state index in [1.54, 1.807) is 6.92 Å². The average Bonchev–Trinajstić information content (AvgIpc) is 2.36. The molecule has 0 unspecified atom stereocenters. The molecule has 0 aromatic carbocycles. The summed E-state index contributed by atoms with van der Waals surface area (Å²) in [6.07, 6.45) is 2.56. The highest BCUT2D eigenvalue weighted by Gasteiger charge is 2.06. The summed E-state index contributed by atoms with van der Waals surface area (Å²) in [4.78, 5) is 14.7. The fourth-order valence-corrected chi connectivity index (χ4v) is 0.756. The monoisotopic (exact) mass is 169 g/mol. The molecule has 66 valence electrons. The van der Waals surface area contributed by atoms with Gasteiger partial charge in [0.15, 0.2) is 5.89 Å². The molecule has 0 atom stereocenters. The quantitative estimate of drug-likeness (QED) is 0.646. The summed E-state index contributed by atoms with van der Waals surface area (Å²) in [5.74, 6) is 0.383. The molecule has 0 fully saturated rings. The zero-order chi connectivity index (χ0) is 8.97. The van der Waals surface area contributed by atoms with Gasteiger partial charge in [0, 0.05) is 13.3 Å². The van der Waals surface area contributed by atoms with Crippen molar-refractivity contribution in [1.29, 1.82) is 0 Å². The Hall–Kier alpha value is -1.32. The number of rotatable bonds is 3. The van der Waals surface area contributed by atoms with E-state index in [0.717, 1.165) is 6.42 Å². The molecule has 0 amide bonds. The molecular formula is C8H11NO3. The van der Waals surface area contributed by atoms with E-state index in [9.17, 15) is 4.79 Å². The van der Waals surface area contributed by atoms with Crippen molar-refractivity contribution in [3.05, 3.63) is 12.1 Å². The number of hydrogen-bond donors (Lipinski definition) is 0. The molecule has 0 spiro atoms. The summed E-state index contributed by atoms with van der Waals surface area (Å²) in [5, 5.41) is 0. The van der Waals surface area contributed by atoms with E-state index in [-0.39, 0.29) is 11.9 Å². The number of carbonyl (C=O) groups excluding carboxylic acids is 1. The van der Waals surface area contributed by atoms with Gasteiger partial charge >= 0.3 is 11.9 Å². The summed E-state index contributed by atoms with van der Waals surface area (Å²) in [6.45, 7) is 3.60. The van der Waals surface area contributed by atoms with E-state index in [0.29, 0.717) is 12.3 Å². The van der Waals surface area contributed by atoms with Gasteiger partial charge in [-0.3, -0.25) is 4.79 Å². The van der Waals surface area contributed by atoms with Gasteiger partial charge in [0.2, 0.25) is 0 Å². The minimum atomic E-state index is -0.284. The Morgan fingerprint density at radius 3 is 3.00 bits per heavy atom. The third-order valence-corrected chi connectivity index (χ3v) is 1.27. The van der Waals surface area contributed by atoms with Gasteiger partial charge in [-0.2, -0.15) is 0 Å². The van der Waals surface area contributed by atoms with Gasteiger partial charge in [-0.05, 0) is 6.42 Å². The van der Waals surface area contributed by atoms with Crippen molar-refractivity contribution < 1.29 is 13.9 Å². The zero-order valence-electron chi connectivity index (χ0n) is 7.16. The highest BCUT2D eigenvalue weighted by atomic mass is 16.6. The number of oxazole rings is 1. The van der Waals surface area contributed by atoms with Crippen LogP contribution in [0.2, 0.25) is 0 Å². The first-order chi connectivity index (χ1) is 5.72. The van der Waals surface area contributed by atoms with E-state index in [2.05, 4.69) is 4.98 Å². The maximum atomic E-state index is 10.9. The predicted octanol–water partition coefficient (Wildman–Crippen LogP) is 1.69. The standard InChI is InChI=1S/C8H11NO3/c1-3-4-7(10)12-8-5-9-6(2)11-8/h5H,3-4H2,1-2H3. The van der Waals surface area contributed by atoms with E-state index in [1.165, 1.54) is 6.20 Å². The third-order valence-electron chi connectivity index (χ3n) is 1.27. The molecule has 0 aliphatic carbocycles. The minimum Gasteiger partial charge on any atom is -0.410 e. The highest BCUT2D eigenvalue weighted by molar-refractivity contribution is 5.71. The minimum absolute atomic E-state index is 0.172. The fraction of sp³-hybridized carbons (Fsp3) is 0.500. The van der Waals surface area contributed by atoms with Crippen molar-refractivity contribution in [3.63, 3.8) is 0 Å². The molecule has 0 N–H and O–H groups in total. The van der Waals surface area contributed by atoms with E-state index >= 15 is 0 Å². The van der Waals surface area contributed by atoms with Gasteiger partial charge in [-0.15, -0.1) is 0 Å². The van der Waals surface area contributed by atoms with Crippen LogP contribution in [0.15, 0.2) is 10.6 Å². The van der Waals surface area contributed by atoms with Crippen molar-refractivity contribution >= 4 is 5.97 Å². The summed E-state index contributed by atoms with van der Waals surface area (Å²) in [7, 11) is 0. The van der Waals surface area contributed by atoms with Crippen LogP contribution in [0, 0.1) is 6.92 Å². The van der Waals surface area contributed by atoms with Gasteiger partial charge in [-0.1, -0.05) is 6.92 Å². The molecular weight excluding hydrogens is 158 g/mol. The van der Waals surface area contributed by atoms with Crippen molar-refractivity contribution in [2.24, 2.45) is 0 Å². The first-order valence-corrected chi connectivity index (χ1v) is 3.85. The van der Waals surface area contributed by atoms with Crippen LogP contribution in [0.4, 0.5) is 0 Å². The first kappa shape index (κ1) is 8.77. The SMILES string of the molecule is CCCC(=O)Oc1cnc(C)o1. The molecule has 12 heavy (non-hydrogen) atoms. The molecule has 1 aromatic heterocycles. The number of esters is 1. The van der Waals surface area contributed by atoms with Crippen molar-refractivity contribution in [2.75, 3.05) is 0 Å². The van der Waals surface area contributed by atoms with Gasteiger partial charge < -0.3 is 9.15 Å². The Morgan fingerprint density at radius 1 is 1.75 bits per heavy atom. The van der Waals surface area contributed by atoms with Gasteiger partial charge in [0.25, 0.3) is 0 Å². The topological polar surface area (TPSA) is 52.3 Å². The smallest absolute Gasteiger partial charge is 0.313 e. The molecule has 0 aliphatic rings. The number of hydrogen-bond acceptors (Lipinski definition) is 4. The fourth-order valence-electron chi connectivity index (χ4n) is 0.756. The lowest BCUT2D eigenvalue weighted by Gasteiger charge is -1.96. The largest absolute Gasteiger partial charge is 0.410 e. The lowest BCUT2D eigenvalue weighted by Crippen LogP contribution is -2.05. The van der Waals surface area contributed by atoms with E-state index < -0.39 is 0 Å². The van der Waals surface area contributed by atoms with Crippen LogP contribution in [0.1, 0.15) is 25.7 Å². The van der Waals surface area contributed by atoms with Crippen molar-refractivity contribution in [2.45, 2.75) is 26.7 Å². The van der Waals surface area contributed by atoms with Crippen LogP contribution in [0.5, 0.6) is 5.95 Å². The van der Waals surface area contributed by atoms with Crippen LogP contribution >= 0.6 is 0 Å². The number of carbonyl (C=O) groups is 1. The van der Waals surface area contributed by atoms with Crippen molar-refractivity contribution in [3.8, 4) is 5.95 Å². The number of nitrogens with zero attached hydrogens (tertiary/aromatic N) is 1. The average molecular weight is 169 g/mol. The van der Waals surface area contributed by atoms with E-state index in [4.69, 9.17) is 9.15 Å². The molecule has 0 bridgehead atoms. The summed E-state index contributed by atoms with van der Waals surface area (Å²) >= 11 is 0. The molecule has 4 nitrogen and oxygen atoms in total. The summed E-state index contributed by atoms with van der Waals surface area (Å²) in [5.41, 5.74) is 0. The summed E-state index contributed by atoms with van der Waals surface area (Å²) in [6, 6.07) is 0. The van der Waals surface area contributed by atoms with E-state index in [1.807, 2.05) is 6.92 Å². The summed E-state index contributed by atoms with van der Waals surface area (Å²) < 4.78 is 9.75. The Morgan fingerprint density at radius 2 is 2.50 bits per heavy atom. The molecule has 4 heteroatoms. The Labute approximate surface area is 70.5 Å². The maximum Gasteiger partial charge on any atom is 0.313 e. The molecule has 0 radical (unpaired) electrons. The van der Waals surface area contributed by atoms with Crippen LogP contribution in [0.25, 0.3) is 0 Å². The predicted molar refractivity (Wildman–Crippen MR) is 41.8 cm³/mol. The molecule has 0 aliphatic heterocycles. The second kappa shape index (κ2) is 3.90. The van der Waals surface area contributed by atoms with Crippen molar-refractivity contribution in [1.82, 2.24) is 4.98 Å². The Bertz CT molecular complexity index is 267.